The number of carbonyl (C=O) groups excluding carboxylic acids is 1. The van der Waals surface area contributed by atoms with E-state index in [1.54, 1.807) is 11.8 Å². The number of carboxylic acid groups (broad SMARTS) is 1. The molecule has 0 aliphatic carbocycles. The second-order valence-corrected chi connectivity index (χ2v) is 3.33. The van der Waals surface area contributed by atoms with Crippen molar-refractivity contribution in [3.63, 3.8) is 0 Å². The molecular weight excluding hydrogens is 196 g/mol. The van der Waals surface area contributed by atoms with Crippen LogP contribution in [0, 0.1) is 0 Å². The molecule has 1 amide bonds. The van der Waals surface area contributed by atoms with E-state index in [9.17, 15) is 9.59 Å². The highest BCUT2D eigenvalue weighted by Crippen LogP contribution is 1.93. The van der Waals surface area contributed by atoms with Gasteiger partial charge >= 0.3 is 5.97 Å². The van der Waals surface area contributed by atoms with Gasteiger partial charge in [-0.1, -0.05) is 0 Å². The highest BCUT2D eigenvalue weighted by Gasteiger charge is 2.12. The molecule has 0 aromatic heterocycles. The first-order valence-corrected chi connectivity index (χ1v) is 5.26. The molecule has 2 N–H and O–H groups in total. The standard InChI is InChI=1S/C10H20N2O3/c1-4-12(5-2)9(13)6-7-11-8(3)10(14)15/h8,11H,4-7H2,1-3H3,(H,14,15). The van der Waals surface area contributed by atoms with Crippen molar-refractivity contribution >= 4 is 11.9 Å². The SMILES string of the molecule is CCN(CC)C(=O)CCNC(C)C(=O)O. The van der Waals surface area contributed by atoms with Crippen LogP contribution in [0.1, 0.15) is 27.2 Å². The molecule has 0 rings (SSSR count). The van der Waals surface area contributed by atoms with Crippen LogP contribution in [0.4, 0.5) is 0 Å². The first-order valence-electron chi connectivity index (χ1n) is 5.26. The number of aliphatic carboxylic acids is 1. The van der Waals surface area contributed by atoms with Crippen LogP contribution in [-0.4, -0.2) is 47.6 Å². The Morgan fingerprint density at radius 3 is 2.27 bits per heavy atom. The first kappa shape index (κ1) is 13.9. The lowest BCUT2D eigenvalue weighted by Crippen LogP contribution is -2.38. The summed E-state index contributed by atoms with van der Waals surface area (Å²) in [6.45, 7) is 7.21. The Labute approximate surface area is 90.5 Å². The summed E-state index contributed by atoms with van der Waals surface area (Å²) in [5.74, 6) is -0.838. The molecule has 15 heavy (non-hydrogen) atoms. The maximum atomic E-state index is 11.5. The topological polar surface area (TPSA) is 69.6 Å². The third kappa shape index (κ3) is 5.37. The van der Waals surface area contributed by atoms with Gasteiger partial charge < -0.3 is 15.3 Å². The molecule has 1 unspecified atom stereocenters. The predicted molar refractivity (Wildman–Crippen MR) is 57.6 cm³/mol. The van der Waals surface area contributed by atoms with Gasteiger partial charge in [0, 0.05) is 26.1 Å². The summed E-state index contributed by atoms with van der Waals surface area (Å²) in [5.41, 5.74) is 0. The van der Waals surface area contributed by atoms with Crippen LogP contribution in [0.2, 0.25) is 0 Å². The number of amides is 1. The lowest BCUT2D eigenvalue weighted by molar-refractivity contribution is -0.139. The van der Waals surface area contributed by atoms with Crippen LogP contribution >= 0.6 is 0 Å². The molecule has 5 heteroatoms. The van der Waals surface area contributed by atoms with Crippen LogP contribution in [0.15, 0.2) is 0 Å². The van der Waals surface area contributed by atoms with Crippen LogP contribution in [0.3, 0.4) is 0 Å². The van der Waals surface area contributed by atoms with Gasteiger partial charge in [-0.3, -0.25) is 9.59 Å². The lowest BCUT2D eigenvalue weighted by atomic mass is 10.3. The Bertz CT molecular complexity index is 215. The quantitative estimate of drug-likeness (QED) is 0.642. The van der Waals surface area contributed by atoms with E-state index in [4.69, 9.17) is 5.11 Å². The van der Waals surface area contributed by atoms with Gasteiger partial charge in [-0.25, -0.2) is 0 Å². The third-order valence-electron chi connectivity index (χ3n) is 2.28. The summed E-state index contributed by atoms with van der Waals surface area (Å²) < 4.78 is 0. The van der Waals surface area contributed by atoms with Crippen molar-refractivity contribution in [3.05, 3.63) is 0 Å². The third-order valence-corrected chi connectivity index (χ3v) is 2.28. The number of hydrogen-bond acceptors (Lipinski definition) is 3. The van der Waals surface area contributed by atoms with E-state index >= 15 is 0 Å². The summed E-state index contributed by atoms with van der Waals surface area (Å²) in [6, 6.07) is -0.602. The minimum atomic E-state index is -0.898. The van der Waals surface area contributed by atoms with Crippen LogP contribution in [-0.2, 0) is 9.59 Å². The Morgan fingerprint density at radius 1 is 1.33 bits per heavy atom. The number of rotatable bonds is 7. The average molecular weight is 216 g/mol. The van der Waals surface area contributed by atoms with Crippen LogP contribution in [0.25, 0.3) is 0 Å². The van der Waals surface area contributed by atoms with Crippen molar-refractivity contribution in [3.8, 4) is 0 Å². The Hall–Kier alpha value is -1.10. The number of carboxylic acids is 1. The monoisotopic (exact) mass is 216 g/mol. The first-order chi connectivity index (χ1) is 7.02. The molecule has 0 aliphatic rings. The van der Waals surface area contributed by atoms with E-state index in [2.05, 4.69) is 5.32 Å². The maximum absolute atomic E-state index is 11.5. The van der Waals surface area contributed by atoms with Crippen LogP contribution in [0.5, 0.6) is 0 Å². The van der Waals surface area contributed by atoms with E-state index in [-0.39, 0.29) is 5.91 Å². The normalized spacial score (nSPS) is 12.2. The van der Waals surface area contributed by atoms with Gasteiger partial charge in [-0.2, -0.15) is 0 Å². The fourth-order valence-electron chi connectivity index (χ4n) is 1.22. The molecule has 88 valence electrons. The fourth-order valence-corrected chi connectivity index (χ4v) is 1.22. The molecule has 0 heterocycles. The highest BCUT2D eigenvalue weighted by atomic mass is 16.4. The lowest BCUT2D eigenvalue weighted by Gasteiger charge is -2.19. The maximum Gasteiger partial charge on any atom is 0.320 e. The van der Waals surface area contributed by atoms with Gasteiger partial charge in [0.1, 0.15) is 6.04 Å². The summed E-state index contributed by atoms with van der Waals surface area (Å²) in [7, 11) is 0. The second-order valence-electron chi connectivity index (χ2n) is 3.33. The van der Waals surface area contributed by atoms with Gasteiger partial charge in [-0.05, 0) is 20.8 Å². The zero-order valence-corrected chi connectivity index (χ0v) is 9.62. The molecular formula is C10H20N2O3. The van der Waals surface area contributed by atoms with Gasteiger partial charge in [0.25, 0.3) is 0 Å². The Kier molecular flexibility index (Phi) is 6.70. The zero-order valence-electron chi connectivity index (χ0n) is 9.62. The smallest absolute Gasteiger partial charge is 0.320 e. The predicted octanol–water partition coefficient (Wildman–Crippen LogP) is 0.308. The van der Waals surface area contributed by atoms with Gasteiger partial charge in [-0.15, -0.1) is 0 Å². The molecule has 0 radical (unpaired) electrons. The van der Waals surface area contributed by atoms with Crippen molar-refractivity contribution in [2.24, 2.45) is 0 Å². The molecule has 0 aromatic carbocycles. The van der Waals surface area contributed by atoms with Crippen molar-refractivity contribution < 1.29 is 14.7 Å². The molecule has 0 bridgehead atoms. The molecule has 0 fully saturated rings. The van der Waals surface area contributed by atoms with E-state index in [0.717, 1.165) is 0 Å². The number of hydrogen-bond donors (Lipinski definition) is 2. The fraction of sp³-hybridized carbons (Fsp3) is 0.800. The highest BCUT2D eigenvalue weighted by molar-refractivity contribution is 5.76. The zero-order chi connectivity index (χ0) is 11.8. The van der Waals surface area contributed by atoms with E-state index in [1.165, 1.54) is 0 Å². The van der Waals surface area contributed by atoms with Crippen molar-refractivity contribution in [1.29, 1.82) is 0 Å². The molecule has 1 atom stereocenters. The van der Waals surface area contributed by atoms with Gasteiger partial charge in [0.15, 0.2) is 0 Å². The summed E-state index contributed by atoms with van der Waals surface area (Å²) in [6.07, 6.45) is 0.347. The van der Waals surface area contributed by atoms with Crippen LogP contribution < -0.4 is 5.32 Å². The second kappa shape index (κ2) is 7.23. The summed E-state index contributed by atoms with van der Waals surface area (Å²) in [5, 5.41) is 11.4. The van der Waals surface area contributed by atoms with E-state index in [1.807, 2.05) is 13.8 Å². The molecule has 0 aliphatic heterocycles. The minimum absolute atomic E-state index is 0.0603. The summed E-state index contributed by atoms with van der Waals surface area (Å²) >= 11 is 0. The largest absolute Gasteiger partial charge is 0.480 e. The Balaban J connectivity index is 3.76. The summed E-state index contributed by atoms with van der Waals surface area (Å²) in [4.78, 5) is 23.7. The average Bonchev–Trinajstić information content (AvgIpc) is 2.19. The van der Waals surface area contributed by atoms with E-state index in [0.29, 0.717) is 26.1 Å². The molecule has 0 aromatic rings. The van der Waals surface area contributed by atoms with Gasteiger partial charge in [0.2, 0.25) is 5.91 Å². The number of carbonyl (C=O) groups is 2. The molecule has 5 nitrogen and oxygen atoms in total. The minimum Gasteiger partial charge on any atom is -0.480 e. The van der Waals surface area contributed by atoms with Crippen molar-refractivity contribution in [2.45, 2.75) is 33.2 Å². The molecule has 0 spiro atoms. The number of nitrogens with one attached hydrogen (secondary N) is 1. The number of nitrogens with zero attached hydrogens (tertiary/aromatic N) is 1. The Morgan fingerprint density at radius 2 is 1.87 bits per heavy atom. The molecule has 0 saturated carbocycles. The van der Waals surface area contributed by atoms with Crippen molar-refractivity contribution in [2.75, 3.05) is 19.6 Å². The molecule has 0 saturated heterocycles. The van der Waals surface area contributed by atoms with Gasteiger partial charge in [0.05, 0.1) is 0 Å². The van der Waals surface area contributed by atoms with Crippen molar-refractivity contribution in [1.82, 2.24) is 10.2 Å². The van der Waals surface area contributed by atoms with E-state index < -0.39 is 12.0 Å².